The number of likely N-dealkylation sites (N-methyl/N-ethyl adjacent to an activating group) is 1. The van der Waals surface area contributed by atoms with E-state index in [4.69, 9.17) is 4.74 Å². The van der Waals surface area contributed by atoms with Gasteiger partial charge in [-0.25, -0.2) is 0 Å². The van der Waals surface area contributed by atoms with Crippen LogP contribution in [0, 0.1) is 6.92 Å². The zero-order valence-corrected chi connectivity index (χ0v) is 18.8. The van der Waals surface area contributed by atoms with Crippen molar-refractivity contribution in [1.29, 1.82) is 0 Å². The smallest absolute Gasteiger partial charge is 0.243 e. The molecule has 0 spiro atoms. The Hall–Kier alpha value is -3.33. The lowest BCUT2D eigenvalue weighted by atomic mass is 10.2. The second-order valence-corrected chi connectivity index (χ2v) is 7.99. The van der Waals surface area contributed by atoms with Crippen LogP contribution >= 0.6 is 11.8 Å². The van der Waals surface area contributed by atoms with Gasteiger partial charge in [-0.1, -0.05) is 29.5 Å². The van der Waals surface area contributed by atoms with Crippen molar-refractivity contribution in [2.24, 2.45) is 7.05 Å². The molecule has 2 aromatic carbocycles. The second-order valence-electron chi connectivity index (χ2n) is 7.05. The summed E-state index contributed by atoms with van der Waals surface area (Å²) in [4.78, 5) is 26.1. The molecule has 0 saturated carbocycles. The normalized spacial score (nSPS) is 10.6. The monoisotopic (exact) mass is 439 g/mol. The van der Waals surface area contributed by atoms with Crippen LogP contribution in [0.3, 0.4) is 0 Å². The highest BCUT2D eigenvalue weighted by molar-refractivity contribution is 7.99. The molecular weight excluding hydrogens is 414 g/mol. The van der Waals surface area contributed by atoms with Gasteiger partial charge in [0, 0.05) is 25.3 Å². The minimum Gasteiger partial charge on any atom is -0.497 e. The van der Waals surface area contributed by atoms with Crippen LogP contribution in [0.4, 0.5) is 5.69 Å². The van der Waals surface area contributed by atoms with Gasteiger partial charge in [-0.3, -0.25) is 9.59 Å². The zero-order valence-electron chi connectivity index (χ0n) is 18.0. The number of aryl methyl sites for hydroxylation is 1. The van der Waals surface area contributed by atoms with Gasteiger partial charge < -0.3 is 19.5 Å². The molecule has 9 heteroatoms. The number of thioether (sulfide) groups is 1. The highest BCUT2D eigenvalue weighted by Crippen LogP contribution is 2.24. The Morgan fingerprint density at radius 3 is 2.42 bits per heavy atom. The highest BCUT2D eigenvalue weighted by atomic mass is 32.2. The van der Waals surface area contributed by atoms with Gasteiger partial charge in [-0.05, 0) is 43.3 Å². The lowest BCUT2D eigenvalue weighted by Crippen LogP contribution is -2.36. The van der Waals surface area contributed by atoms with E-state index >= 15 is 0 Å². The van der Waals surface area contributed by atoms with Gasteiger partial charge in [0.15, 0.2) is 11.0 Å². The number of hydrogen-bond acceptors (Lipinski definition) is 6. The summed E-state index contributed by atoms with van der Waals surface area (Å²) in [6.45, 7) is 1.95. The SMILES string of the molecule is COc1ccc(-c2nnc(SCC(=O)N(C)CC(=O)Nc3ccc(C)cc3)n2C)cc1. The van der Waals surface area contributed by atoms with Crippen molar-refractivity contribution >= 4 is 29.3 Å². The van der Waals surface area contributed by atoms with E-state index in [2.05, 4.69) is 15.5 Å². The molecule has 0 unspecified atom stereocenters. The minimum absolute atomic E-state index is 0.0246. The van der Waals surface area contributed by atoms with Gasteiger partial charge in [-0.2, -0.15) is 0 Å². The van der Waals surface area contributed by atoms with Gasteiger partial charge >= 0.3 is 0 Å². The molecule has 3 aromatic rings. The molecular formula is C22H25N5O3S. The van der Waals surface area contributed by atoms with Crippen LogP contribution < -0.4 is 10.1 Å². The van der Waals surface area contributed by atoms with E-state index in [1.807, 2.05) is 67.1 Å². The first kappa shape index (κ1) is 22.4. The third-order valence-corrected chi connectivity index (χ3v) is 5.65. The number of nitrogens with one attached hydrogen (secondary N) is 1. The maximum atomic E-state index is 12.5. The summed E-state index contributed by atoms with van der Waals surface area (Å²) < 4.78 is 7.01. The summed E-state index contributed by atoms with van der Waals surface area (Å²) in [5.74, 6) is 1.20. The van der Waals surface area contributed by atoms with Crippen molar-refractivity contribution in [1.82, 2.24) is 19.7 Å². The first-order valence-electron chi connectivity index (χ1n) is 9.64. The van der Waals surface area contributed by atoms with Crippen LogP contribution in [0.15, 0.2) is 53.7 Å². The average Bonchev–Trinajstić information content (AvgIpc) is 3.13. The van der Waals surface area contributed by atoms with Crippen molar-refractivity contribution in [2.45, 2.75) is 12.1 Å². The molecule has 1 N–H and O–H groups in total. The summed E-state index contributed by atoms with van der Waals surface area (Å²) in [7, 11) is 5.08. The molecule has 0 bridgehead atoms. The van der Waals surface area contributed by atoms with Crippen molar-refractivity contribution in [3.63, 3.8) is 0 Å². The average molecular weight is 440 g/mol. The van der Waals surface area contributed by atoms with Gasteiger partial charge in [0.05, 0.1) is 19.4 Å². The molecule has 1 aromatic heterocycles. The summed E-state index contributed by atoms with van der Waals surface area (Å²) >= 11 is 1.28. The molecule has 1 heterocycles. The van der Waals surface area contributed by atoms with Crippen molar-refractivity contribution < 1.29 is 14.3 Å². The number of ether oxygens (including phenoxy) is 1. The number of anilines is 1. The maximum Gasteiger partial charge on any atom is 0.243 e. The molecule has 31 heavy (non-hydrogen) atoms. The predicted molar refractivity (Wildman–Crippen MR) is 121 cm³/mol. The lowest BCUT2D eigenvalue weighted by Gasteiger charge is -2.16. The predicted octanol–water partition coefficient (Wildman–Crippen LogP) is 2.99. The van der Waals surface area contributed by atoms with Crippen LogP contribution in [0.25, 0.3) is 11.4 Å². The van der Waals surface area contributed by atoms with Crippen molar-refractivity contribution in [2.75, 3.05) is 31.8 Å². The first-order chi connectivity index (χ1) is 14.9. The van der Waals surface area contributed by atoms with E-state index in [-0.39, 0.29) is 24.1 Å². The standard InChI is InChI=1S/C22H25N5O3S/c1-15-5-9-17(10-6-15)23-19(28)13-26(2)20(29)14-31-22-25-24-21(27(22)3)16-7-11-18(30-4)12-8-16/h5-12H,13-14H2,1-4H3,(H,23,28). The molecule has 8 nitrogen and oxygen atoms in total. The number of nitrogens with zero attached hydrogens (tertiary/aromatic N) is 4. The topological polar surface area (TPSA) is 89.4 Å². The fourth-order valence-corrected chi connectivity index (χ4v) is 3.66. The first-order valence-corrected chi connectivity index (χ1v) is 10.6. The summed E-state index contributed by atoms with van der Waals surface area (Å²) in [5.41, 5.74) is 2.72. The number of benzene rings is 2. The molecule has 3 rings (SSSR count). The Labute approximate surface area is 185 Å². The Balaban J connectivity index is 1.53. The van der Waals surface area contributed by atoms with Crippen LogP contribution in [-0.2, 0) is 16.6 Å². The fraction of sp³-hybridized carbons (Fsp3) is 0.273. The van der Waals surface area contributed by atoms with Crippen molar-refractivity contribution in [3.05, 3.63) is 54.1 Å². The molecule has 0 saturated heterocycles. The Bertz CT molecular complexity index is 1050. The molecule has 0 aliphatic rings. The maximum absolute atomic E-state index is 12.5. The molecule has 0 aliphatic heterocycles. The van der Waals surface area contributed by atoms with E-state index in [1.54, 1.807) is 14.2 Å². The number of aromatic nitrogens is 3. The second kappa shape index (κ2) is 10.1. The van der Waals surface area contributed by atoms with E-state index in [0.29, 0.717) is 16.7 Å². The summed E-state index contributed by atoms with van der Waals surface area (Å²) in [6.07, 6.45) is 0. The summed E-state index contributed by atoms with van der Waals surface area (Å²) in [6, 6.07) is 15.0. The zero-order chi connectivity index (χ0) is 22.4. The molecule has 0 aliphatic carbocycles. The number of carbonyl (C=O) groups excluding carboxylic acids is 2. The van der Waals surface area contributed by atoms with Crippen LogP contribution in [0.1, 0.15) is 5.56 Å². The largest absolute Gasteiger partial charge is 0.497 e. The van der Waals surface area contributed by atoms with E-state index in [1.165, 1.54) is 16.7 Å². The molecule has 0 fully saturated rings. The van der Waals surface area contributed by atoms with E-state index < -0.39 is 0 Å². The molecule has 162 valence electrons. The van der Waals surface area contributed by atoms with E-state index in [9.17, 15) is 9.59 Å². The Morgan fingerprint density at radius 1 is 1.10 bits per heavy atom. The minimum atomic E-state index is -0.245. The third kappa shape index (κ3) is 5.85. The number of methoxy groups -OCH3 is 1. The Morgan fingerprint density at radius 2 is 1.77 bits per heavy atom. The number of amides is 2. The number of hydrogen-bond donors (Lipinski definition) is 1. The van der Waals surface area contributed by atoms with Crippen molar-refractivity contribution in [3.8, 4) is 17.1 Å². The lowest BCUT2D eigenvalue weighted by molar-refractivity contribution is -0.131. The van der Waals surface area contributed by atoms with Crippen LogP contribution in [0.5, 0.6) is 5.75 Å². The number of carbonyl (C=O) groups is 2. The molecule has 2 amide bonds. The Kier molecular flexibility index (Phi) is 7.30. The summed E-state index contributed by atoms with van der Waals surface area (Å²) in [5, 5.41) is 11.8. The van der Waals surface area contributed by atoms with Gasteiger partial charge in [0.25, 0.3) is 0 Å². The third-order valence-electron chi connectivity index (χ3n) is 4.65. The quantitative estimate of drug-likeness (QED) is 0.543. The van der Waals surface area contributed by atoms with Gasteiger partial charge in [0.1, 0.15) is 5.75 Å². The van der Waals surface area contributed by atoms with Gasteiger partial charge in [0.2, 0.25) is 11.8 Å². The van der Waals surface area contributed by atoms with Gasteiger partial charge in [-0.15, -0.1) is 10.2 Å². The van der Waals surface area contributed by atoms with Crippen LogP contribution in [0.2, 0.25) is 0 Å². The van der Waals surface area contributed by atoms with E-state index in [0.717, 1.165) is 16.9 Å². The number of rotatable bonds is 8. The fourth-order valence-electron chi connectivity index (χ4n) is 2.81. The highest BCUT2D eigenvalue weighted by Gasteiger charge is 2.17. The van der Waals surface area contributed by atoms with Crippen LogP contribution in [-0.4, -0.2) is 57.9 Å². The molecule has 0 atom stereocenters. The molecule has 0 radical (unpaired) electrons.